The molecule has 19 heavy (non-hydrogen) atoms. The first-order valence-corrected chi connectivity index (χ1v) is 5.99. The molecule has 0 spiro atoms. The molecule has 7 nitrogen and oxygen atoms in total. The van der Waals surface area contributed by atoms with Crippen molar-refractivity contribution in [3.63, 3.8) is 0 Å². The number of imidazole rings is 1. The smallest absolute Gasteiger partial charge is 0.216 e. The van der Waals surface area contributed by atoms with Gasteiger partial charge in [0.15, 0.2) is 5.65 Å². The quantitative estimate of drug-likeness (QED) is 0.685. The van der Waals surface area contributed by atoms with Gasteiger partial charge in [-0.1, -0.05) is 0 Å². The predicted molar refractivity (Wildman–Crippen MR) is 67.3 cm³/mol. The monoisotopic (exact) mass is 264 g/mol. The molecular weight excluding hydrogens is 248 g/mol. The first kappa shape index (κ1) is 13.4. The van der Waals surface area contributed by atoms with Crippen LogP contribution in [0.2, 0.25) is 0 Å². The van der Waals surface area contributed by atoms with Crippen molar-refractivity contribution in [2.24, 2.45) is 0 Å². The molecule has 0 saturated carbocycles. The van der Waals surface area contributed by atoms with Crippen LogP contribution in [0.15, 0.2) is 24.5 Å². The van der Waals surface area contributed by atoms with Crippen molar-refractivity contribution in [1.82, 2.24) is 19.9 Å². The average molecular weight is 264 g/mol. The number of nitrogens with zero attached hydrogens (tertiary/aromatic N) is 3. The molecule has 0 saturated heterocycles. The summed E-state index contributed by atoms with van der Waals surface area (Å²) >= 11 is 0. The molecule has 2 atom stereocenters. The zero-order valence-electron chi connectivity index (χ0n) is 10.5. The van der Waals surface area contributed by atoms with E-state index in [2.05, 4.69) is 15.4 Å². The number of aromatic nitrogens is 3. The second kappa shape index (κ2) is 5.77. The van der Waals surface area contributed by atoms with Crippen LogP contribution in [-0.4, -0.2) is 43.4 Å². The van der Waals surface area contributed by atoms with Gasteiger partial charge in [0.05, 0.1) is 18.0 Å². The normalized spacial score (nSPS) is 14.3. The topological polar surface area (TPSA) is 99.8 Å². The van der Waals surface area contributed by atoms with Crippen LogP contribution >= 0.6 is 0 Å². The summed E-state index contributed by atoms with van der Waals surface area (Å²) in [6.45, 7) is 1.70. The van der Waals surface area contributed by atoms with Crippen molar-refractivity contribution < 1.29 is 15.0 Å². The molecule has 0 aliphatic heterocycles. The van der Waals surface area contributed by atoms with Gasteiger partial charge in [-0.25, -0.2) is 9.50 Å². The number of amides is 1. The number of hydrogen-bond acceptors (Lipinski definition) is 5. The number of carbonyl (C=O) groups is 1. The highest BCUT2D eigenvalue weighted by molar-refractivity contribution is 5.72. The summed E-state index contributed by atoms with van der Waals surface area (Å²) in [5.41, 5.74) is 1.02. The van der Waals surface area contributed by atoms with E-state index in [-0.39, 0.29) is 12.3 Å². The molecule has 3 N–H and O–H groups in total. The van der Waals surface area contributed by atoms with Crippen molar-refractivity contribution in [1.29, 1.82) is 0 Å². The Labute approximate surface area is 109 Å². The van der Waals surface area contributed by atoms with Crippen LogP contribution in [0, 0.1) is 0 Å². The lowest BCUT2D eigenvalue weighted by molar-refractivity contribution is -0.119. The number of fused-ring (bicyclic) bond motifs is 1. The Bertz CT molecular complexity index is 569. The van der Waals surface area contributed by atoms with Gasteiger partial charge in [-0.15, -0.1) is 0 Å². The Morgan fingerprint density at radius 3 is 3.05 bits per heavy atom. The van der Waals surface area contributed by atoms with E-state index in [0.29, 0.717) is 17.9 Å². The molecule has 2 heterocycles. The Morgan fingerprint density at radius 2 is 2.32 bits per heavy atom. The third-order valence-corrected chi connectivity index (χ3v) is 2.79. The minimum Gasteiger partial charge on any atom is -0.390 e. The van der Waals surface area contributed by atoms with Gasteiger partial charge in [0.1, 0.15) is 6.10 Å². The SMILES string of the molecule is CC(=O)NCCC(O)C(O)c1cnc2cccnn12. The summed E-state index contributed by atoms with van der Waals surface area (Å²) in [5.74, 6) is -0.168. The van der Waals surface area contributed by atoms with E-state index < -0.39 is 12.2 Å². The molecule has 2 unspecified atom stereocenters. The van der Waals surface area contributed by atoms with Gasteiger partial charge >= 0.3 is 0 Å². The Balaban J connectivity index is 2.06. The number of aliphatic hydroxyl groups is 2. The second-order valence-corrected chi connectivity index (χ2v) is 4.26. The summed E-state index contributed by atoms with van der Waals surface area (Å²) < 4.78 is 1.48. The molecule has 0 aromatic carbocycles. The molecule has 0 fully saturated rings. The largest absolute Gasteiger partial charge is 0.390 e. The lowest BCUT2D eigenvalue weighted by atomic mass is 10.1. The van der Waals surface area contributed by atoms with E-state index in [1.54, 1.807) is 18.3 Å². The van der Waals surface area contributed by atoms with Crippen molar-refractivity contribution in [2.75, 3.05) is 6.54 Å². The van der Waals surface area contributed by atoms with Crippen molar-refractivity contribution in [3.05, 3.63) is 30.2 Å². The minimum absolute atomic E-state index is 0.168. The van der Waals surface area contributed by atoms with Crippen LogP contribution in [0.3, 0.4) is 0 Å². The maximum Gasteiger partial charge on any atom is 0.216 e. The molecule has 102 valence electrons. The van der Waals surface area contributed by atoms with Crippen LogP contribution < -0.4 is 5.32 Å². The maximum atomic E-state index is 10.7. The first-order valence-electron chi connectivity index (χ1n) is 5.99. The number of hydrogen-bond donors (Lipinski definition) is 3. The Morgan fingerprint density at radius 1 is 1.53 bits per heavy atom. The molecule has 2 rings (SSSR count). The zero-order chi connectivity index (χ0) is 13.8. The van der Waals surface area contributed by atoms with Gasteiger partial charge < -0.3 is 15.5 Å². The molecule has 0 bridgehead atoms. The predicted octanol–water partition coefficient (Wildman–Crippen LogP) is -0.350. The molecule has 2 aromatic rings. The Kier molecular flexibility index (Phi) is 4.08. The van der Waals surface area contributed by atoms with E-state index in [0.717, 1.165) is 0 Å². The maximum absolute atomic E-state index is 10.7. The van der Waals surface area contributed by atoms with Gasteiger partial charge in [-0.2, -0.15) is 5.10 Å². The van der Waals surface area contributed by atoms with Gasteiger partial charge in [0.2, 0.25) is 5.91 Å². The summed E-state index contributed by atoms with van der Waals surface area (Å²) in [6.07, 6.45) is 1.22. The minimum atomic E-state index is -1.10. The Hall–Kier alpha value is -1.99. The van der Waals surface area contributed by atoms with Crippen LogP contribution in [-0.2, 0) is 4.79 Å². The fraction of sp³-hybridized carbons (Fsp3) is 0.417. The lowest BCUT2D eigenvalue weighted by Crippen LogP contribution is -2.28. The summed E-state index contributed by atoms with van der Waals surface area (Å²) in [4.78, 5) is 14.8. The number of carbonyl (C=O) groups excluding carboxylic acids is 1. The van der Waals surface area contributed by atoms with Crippen molar-refractivity contribution in [2.45, 2.75) is 25.6 Å². The molecule has 2 aromatic heterocycles. The van der Waals surface area contributed by atoms with Crippen LogP contribution in [0.5, 0.6) is 0 Å². The second-order valence-electron chi connectivity index (χ2n) is 4.26. The molecular formula is C12H16N4O3. The zero-order valence-corrected chi connectivity index (χ0v) is 10.5. The van der Waals surface area contributed by atoms with Crippen molar-refractivity contribution >= 4 is 11.6 Å². The van der Waals surface area contributed by atoms with Gasteiger partial charge in [-0.05, 0) is 18.6 Å². The molecule has 0 aliphatic rings. The van der Waals surface area contributed by atoms with Crippen LogP contribution in [0.1, 0.15) is 25.1 Å². The first-order chi connectivity index (χ1) is 9.09. The summed E-state index contributed by atoms with van der Waals surface area (Å²) in [5, 5.41) is 26.6. The van der Waals surface area contributed by atoms with Gasteiger partial charge in [-0.3, -0.25) is 4.79 Å². The fourth-order valence-corrected chi connectivity index (χ4v) is 1.80. The number of rotatable bonds is 5. The highest BCUT2D eigenvalue weighted by Crippen LogP contribution is 2.19. The standard InChI is InChI=1S/C12H16N4O3/c1-8(17)13-6-4-10(18)12(19)9-7-14-11-3-2-5-15-16(9)11/h2-3,5,7,10,12,18-19H,4,6H2,1H3,(H,13,17). The van der Waals surface area contributed by atoms with E-state index in [1.807, 2.05) is 0 Å². The van der Waals surface area contributed by atoms with Gasteiger partial charge in [0.25, 0.3) is 0 Å². The number of nitrogens with one attached hydrogen (secondary N) is 1. The molecule has 0 aliphatic carbocycles. The molecule has 0 radical (unpaired) electrons. The summed E-state index contributed by atoms with van der Waals surface area (Å²) in [6, 6.07) is 3.50. The fourth-order valence-electron chi connectivity index (χ4n) is 1.80. The highest BCUT2D eigenvalue weighted by atomic mass is 16.3. The van der Waals surface area contributed by atoms with E-state index in [4.69, 9.17) is 0 Å². The third-order valence-electron chi connectivity index (χ3n) is 2.79. The van der Waals surface area contributed by atoms with E-state index >= 15 is 0 Å². The molecule has 7 heteroatoms. The summed E-state index contributed by atoms with van der Waals surface area (Å²) in [7, 11) is 0. The van der Waals surface area contributed by atoms with E-state index in [1.165, 1.54) is 17.6 Å². The third kappa shape index (κ3) is 3.07. The van der Waals surface area contributed by atoms with Gasteiger partial charge in [0, 0.05) is 19.7 Å². The lowest BCUT2D eigenvalue weighted by Gasteiger charge is -2.17. The van der Waals surface area contributed by atoms with Crippen molar-refractivity contribution in [3.8, 4) is 0 Å². The highest BCUT2D eigenvalue weighted by Gasteiger charge is 2.22. The average Bonchev–Trinajstić information content (AvgIpc) is 2.81. The number of aliphatic hydroxyl groups excluding tert-OH is 2. The molecule has 1 amide bonds. The van der Waals surface area contributed by atoms with E-state index in [9.17, 15) is 15.0 Å². The van der Waals surface area contributed by atoms with Crippen LogP contribution in [0.25, 0.3) is 5.65 Å². The van der Waals surface area contributed by atoms with Crippen LogP contribution in [0.4, 0.5) is 0 Å².